The molecule has 0 aliphatic rings. The first kappa shape index (κ1) is 13.1. The maximum Gasteiger partial charge on any atom is 0.202 e. The summed E-state index contributed by atoms with van der Waals surface area (Å²) in [6.07, 6.45) is 3.90. The van der Waals surface area contributed by atoms with Crippen LogP contribution < -0.4 is 5.32 Å². The van der Waals surface area contributed by atoms with Crippen LogP contribution in [-0.4, -0.2) is 15.6 Å². The number of nitrogens with zero attached hydrogens (tertiary/aromatic N) is 2. The Morgan fingerprint density at radius 2 is 2.22 bits per heavy atom. The number of nitrogens with one attached hydrogen (secondary N) is 1. The van der Waals surface area contributed by atoms with Crippen molar-refractivity contribution >= 4 is 17.3 Å². The van der Waals surface area contributed by atoms with Crippen molar-refractivity contribution in [3.63, 3.8) is 0 Å². The van der Waals surface area contributed by atoms with Gasteiger partial charge in [-0.1, -0.05) is 19.9 Å². The molecule has 0 amide bonds. The summed E-state index contributed by atoms with van der Waals surface area (Å²) in [5.41, 5.74) is 0.127. The Kier molecular flexibility index (Phi) is 3.76. The molecule has 0 aliphatic heterocycles. The summed E-state index contributed by atoms with van der Waals surface area (Å²) in [6, 6.07) is 4.72. The summed E-state index contributed by atoms with van der Waals surface area (Å²) < 4.78 is 2.19. The second-order valence-electron chi connectivity index (χ2n) is 5.54. The van der Waals surface area contributed by atoms with Crippen LogP contribution in [0.4, 0.5) is 5.95 Å². The summed E-state index contributed by atoms with van der Waals surface area (Å²) in [7, 11) is 0. The fourth-order valence-electron chi connectivity index (χ4n) is 2.00. The molecule has 98 valence electrons. The van der Waals surface area contributed by atoms with Gasteiger partial charge in [0.25, 0.3) is 0 Å². The van der Waals surface area contributed by atoms with Crippen LogP contribution in [0.3, 0.4) is 0 Å². The summed E-state index contributed by atoms with van der Waals surface area (Å²) >= 11 is 1.82. The van der Waals surface area contributed by atoms with Crippen molar-refractivity contribution in [1.29, 1.82) is 0 Å². The molecule has 4 heteroatoms. The molecule has 0 spiro atoms. The Morgan fingerprint density at radius 1 is 1.44 bits per heavy atom. The Balaban J connectivity index is 2.16. The molecular weight excluding hydrogens is 242 g/mol. The molecule has 0 unspecified atom stereocenters. The lowest BCUT2D eigenvalue weighted by atomic mass is 9.91. The van der Waals surface area contributed by atoms with Gasteiger partial charge in [0.15, 0.2) is 0 Å². The summed E-state index contributed by atoms with van der Waals surface area (Å²) in [4.78, 5) is 5.79. The van der Waals surface area contributed by atoms with Crippen LogP contribution in [0.2, 0.25) is 0 Å². The lowest BCUT2D eigenvalue weighted by Crippen LogP contribution is -2.25. The molecule has 3 nitrogen and oxygen atoms in total. The number of aromatic nitrogens is 2. The molecule has 2 aromatic heterocycles. The average Bonchev–Trinajstić information content (AvgIpc) is 2.89. The van der Waals surface area contributed by atoms with E-state index in [1.54, 1.807) is 0 Å². The summed E-state index contributed by atoms with van der Waals surface area (Å²) in [5, 5.41) is 5.51. The zero-order valence-corrected chi connectivity index (χ0v) is 12.3. The fraction of sp³-hybridized carbons (Fsp3) is 0.500. The number of thiophene rings is 1. The van der Waals surface area contributed by atoms with E-state index in [1.165, 1.54) is 4.88 Å². The van der Waals surface area contributed by atoms with E-state index < -0.39 is 0 Å². The zero-order valence-electron chi connectivity index (χ0n) is 11.5. The molecular formula is C14H21N3S. The molecule has 2 heterocycles. The molecule has 0 radical (unpaired) electrons. The SMILES string of the molecule is CC(C)Nc1nccn1CC(C)(C)c1cccs1. The van der Waals surface area contributed by atoms with Gasteiger partial charge >= 0.3 is 0 Å². The van der Waals surface area contributed by atoms with E-state index in [0.29, 0.717) is 6.04 Å². The molecule has 0 saturated heterocycles. The summed E-state index contributed by atoms with van der Waals surface area (Å²) in [5.74, 6) is 0.953. The van der Waals surface area contributed by atoms with Crippen LogP contribution in [0.15, 0.2) is 29.9 Å². The Bertz CT molecular complexity index is 483. The Morgan fingerprint density at radius 3 is 2.83 bits per heavy atom. The van der Waals surface area contributed by atoms with Crippen molar-refractivity contribution in [2.24, 2.45) is 0 Å². The highest BCUT2D eigenvalue weighted by Gasteiger charge is 2.23. The van der Waals surface area contributed by atoms with Crippen LogP contribution in [0.1, 0.15) is 32.6 Å². The molecule has 18 heavy (non-hydrogen) atoms. The lowest BCUT2D eigenvalue weighted by molar-refractivity contribution is 0.444. The number of anilines is 1. The minimum Gasteiger partial charge on any atom is -0.353 e. The normalized spacial score (nSPS) is 12.1. The lowest BCUT2D eigenvalue weighted by Gasteiger charge is -2.25. The monoisotopic (exact) mass is 263 g/mol. The quantitative estimate of drug-likeness (QED) is 0.890. The standard InChI is InChI=1S/C14H21N3S/c1-11(2)16-13-15-7-8-17(13)10-14(3,4)12-6-5-9-18-12/h5-9,11H,10H2,1-4H3,(H,15,16). The van der Waals surface area contributed by atoms with Crippen molar-refractivity contribution in [3.05, 3.63) is 34.8 Å². The first-order valence-corrected chi connectivity index (χ1v) is 7.18. The van der Waals surface area contributed by atoms with E-state index in [4.69, 9.17) is 0 Å². The van der Waals surface area contributed by atoms with Crippen LogP contribution in [-0.2, 0) is 12.0 Å². The largest absolute Gasteiger partial charge is 0.353 e. The topological polar surface area (TPSA) is 29.9 Å². The van der Waals surface area contributed by atoms with Gasteiger partial charge in [-0.15, -0.1) is 11.3 Å². The molecule has 0 saturated carbocycles. The van der Waals surface area contributed by atoms with Gasteiger partial charge in [-0.25, -0.2) is 4.98 Å². The molecule has 2 rings (SSSR count). The smallest absolute Gasteiger partial charge is 0.202 e. The highest BCUT2D eigenvalue weighted by molar-refractivity contribution is 7.10. The van der Waals surface area contributed by atoms with E-state index >= 15 is 0 Å². The maximum atomic E-state index is 4.38. The van der Waals surface area contributed by atoms with E-state index in [0.717, 1.165) is 12.5 Å². The van der Waals surface area contributed by atoms with Gasteiger partial charge in [-0.05, 0) is 25.3 Å². The summed E-state index contributed by atoms with van der Waals surface area (Å²) in [6.45, 7) is 9.74. The van der Waals surface area contributed by atoms with Crippen molar-refractivity contribution in [2.75, 3.05) is 5.32 Å². The minimum atomic E-state index is 0.127. The van der Waals surface area contributed by atoms with Gasteiger partial charge in [0.2, 0.25) is 5.95 Å². The number of hydrogen-bond acceptors (Lipinski definition) is 3. The highest BCUT2D eigenvalue weighted by Crippen LogP contribution is 2.30. The van der Waals surface area contributed by atoms with Crippen LogP contribution in [0.5, 0.6) is 0 Å². The van der Waals surface area contributed by atoms with E-state index in [-0.39, 0.29) is 5.41 Å². The van der Waals surface area contributed by atoms with Gasteiger partial charge in [0.05, 0.1) is 0 Å². The molecule has 0 aliphatic carbocycles. The zero-order chi connectivity index (χ0) is 13.2. The molecule has 0 fully saturated rings. The first-order chi connectivity index (χ1) is 8.49. The van der Waals surface area contributed by atoms with E-state index in [2.05, 4.69) is 60.1 Å². The second-order valence-corrected chi connectivity index (χ2v) is 6.49. The van der Waals surface area contributed by atoms with Gasteiger partial charge < -0.3 is 9.88 Å². The van der Waals surface area contributed by atoms with Crippen LogP contribution >= 0.6 is 11.3 Å². The molecule has 1 N–H and O–H groups in total. The van der Waals surface area contributed by atoms with Crippen molar-refractivity contribution in [3.8, 4) is 0 Å². The third-order valence-electron chi connectivity index (χ3n) is 2.89. The van der Waals surface area contributed by atoms with Gasteiger partial charge in [0.1, 0.15) is 0 Å². The van der Waals surface area contributed by atoms with Crippen molar-refractivity contribution < 1.29 is 0 Å². The van der Waals surface area contributed by atoms with Crippen LogP contribution in [0, 0.1) is 0 Å². The number of hydrogen-bond donors (Lipinski definition) is 1. The average molecular weight is 263 g/mol. The van der Waals surface area contributed by atoms with Gasteiger partial charge in [0, 0.05) is 35.3 Å². The third kappa shape index (κ3) is 2.93. The van der Waals surface area contributed by atoms with E-state index in [1.807, 2.05) is 23.7 Å². The highest BCUT2D eigenvalue weighted by atomic mass is 32.1. The predicted octanol–water partition coefficient (Wildman–Crippen LogP) is 3.74. The second kappa shape index (κ2) is 5.14. The Hall–Kier alpha value is -1.29. The molecule has 0 bridgehead atoms. The van der Waals surface area contributed by atoms with Crippen molar-refractivity contribution in [1.82, 2.24) is 9.55 Å². The van der Waals surface area contributed by atoms with E-state index in [9.17, 15) is 0 Å². The van der Waals surface area contributed by atoms with Gasteiger partial charge in [-0.3, -0.25) is 0 Å². The molecule has 2 aromatic rings. The first-order valence-electron chi connectivity index (χ1n) is 6.31. The fourth-order valence-corrected chi connectivity index (χ4v) is 2.85. The molecule has 0 aromatic carbocycles. The van der Waals surface area contributed by atoms with Crippen LogP contribution in [0.25, 0.3) is 0 Å². The Labute approximate surface area is 113 Å². The molecule has 0 atom stereocenters. The van der Waals surface area contributed by atoms with Gasteiger partial charge in [-0.2, -0.15) is 0 Å². The number of rotatable bonds is 5. The maximum absolute atomic E-state index is 4.38. The van der Waals surface area contributed by atoms with Crippen molar-refractivity contribution in [2.45, 2.75) is 45.7 Å². The number of imidazole rings is 1. The third-order valence-corrected chi connectivity index (χ3v) is 4.12. The minimum absolute atomic E-state index is 0.127. The predicted molar refractivity (Wildman–Crippen MR) is 78.3 cm³/mol.